The number of hydrogen-bond donors (Lipinski definition) is 0. The Hall–Kier alpha value is -2.71. The van der Waals surface area contributed by atoms with Crippen molar-refractivity contribution in [1.82, 2.24) is 0 Å². The minimum atomic E-state index is -0.409. The maximum Gasteiger partial charge on any atom is 0.343 e. The molecule has 0 amide bonds. The Bertz CT molecular complexity index is 668. The molecule has 22 heavy (non-hydrogen) atoms. The summed E-state index contributed by atoms with van der Waals surface area (Å²) in [6, 6.07) is 13.8. The fourth-order valence-corrected chi connectivity index (χ4v) is 2.00. The SMILES string of the molecule is CCCCc1ccc(C(=O)Oc2ccc(N=C=O)cc2)cc1. The van der Waals surface area contributed by atoms with E-state index in [-0.39, 0.29) is 0 Å². The fourth-order valence-electron chi connectivity index (χ4n) is 2.00. The summed E-state index contributed by atoms with van der Waals surface area (Å²) < 4.78 is 5.28. The van der Waals surface area contributed by atoms with E-state index < -0.39 is 5.97 Å². The third kappa shape index (κ3) is 4.40. The van der Waals surface area contributed by atoms with Crippen LogP contribution in [0.4, 0.5) is 5.69 Å². The summed E-state index contributed by atoms with van der Waals surface area (Å²) >= 11 is 0. The second-order valence-corrected chi connectivity index (χ2v) is 4.89. The molecule has 0 radical (unpaired) electrons. The van der Waals surface area contributed by atoms with Gasteiger partial charge >= 0.3 is 5.97 Å². The molecule has 112 valence electrons. The largest absolute Gasteiger partial charge is 0.423 e. The van der Waals surface area contributed by atoms with Gasteiger partial charge in [-0.05, 0) is 54.8 Å². The van der Waals surface area contributed by atoms with E-state index in [1.807, 2.05) is 12.1 Å². The molecule has 2 aromatic carbocycles. The van der Waals surface area contributed by atoms with Crippen LogP contribution in [0, 0.1) is 0 Å². The summed E-state index contributed by atoms with van der Waals surface area (Å²) in [6.07, 6.45) is 4.76. The number of esters is 1. The maximum atomic E-state index is 12.0. The summed E-state index contributed by atoms with van der Waals surface area (Å²) in [5.74, 6) is -0.00131. The number of isocyanates is 1. The number of aliphatic imine (C=N–C) groups is 1. The van der Waals surface area contributed by atoms with E-state index in [4.69, 9.17) is 4.74 Å². The second-order valence-electron chi connectivity index (χ2n) is 4.89. The fraction of sp³-hybridized carbons (Fsp3) is 0.222. The lowest BCUT2D eigenvalue weighted by molar-refractivity contribution is 0.0735. The van der Waals surface area contributed by atoms with Crippen LogP contribution in [0.15, 0.2) is 53.5 Å². The number of carbonyl (C=O) groups excluding carboxylic acids is 2. The van der Waals surface area contributed by atoms with Crippen molar-refractivity contribution in [2.24, 2.45) is 4.99 Å². The molecule has 0 atom stereocenters. The summed E-state index contributed by atoms with van der Waals surface area (Å²) in [6.45, 7) is 2.15. The zero-order valence-electron chi connectivity index (χ0n) is 12.4. The Morgan fingerprint density at radius 1 is 1.09 bits per heavy atom. The second kappa shape index (κ2) is 7.91. The van der Waals surface area contributed by atoms with Crippen LogP contribution < -0.4 is 4.74 Å². The average molecular weight is 295 g/mol. The van der Waals surface area contributed by atoms with E-state index in [9.17, 15) is 9.59 Å². The van der Waals surface area contributed by atoms with Gasteiger partial charge in [0.05, 0.1) is 11.3 Å². The van der Waals surface area contributed by atoms with Crippen LogP contribution in [0.2, 0.25) is 0 Å². The van der Waals surface area contributed by atoms with Crippen molar-refractivity contribution in [2.45, 2.75) is 26.2 Å². The van der Waals surface area contributed by atoms with Gasteiger partial charge in [-0.3, -0.25) is 0 Å². The highest BCUT2D eigenvalue weighted by Crippen LogP contribution is 2.19. The Morgan fingerprint density at radius 3 is 2.36 bits per heavy atom. The molecule has 0 bridgehead atoms. The molecule has 0 aromatic heterocycles. The van der Waals surface area contributed by atoms with Crippen LogP contribution in [-0.2, 0) is 11.2 Å². The highest BCUT2D eigenvalue weighted by atomic mass is 16.5. The molecule has 0 saturated heterocycles. The summed E-state index contributed by atoms with van der Waals surface area (Å²) in [5.41, 5.74) is 2.19. The van der Waals surface area contributed by atoms with Crippen molar-refractivity contribution in [3.63, 3.8) is 0 Å². The molecule has 4 nitrogen and oxygen atoms in total. The quantitative estimate of drug-likeness (QED) is 0.347. The average Bonchev–Trinajstić information content (AvgIpc) is 2.55. The van der Waals surface area contributed by atoms with E-state index in [0.717, 1.165) is 19.3 Å². The van der Waals surface area contributed by atoms with Crippen LogP contribution in [0.25, 0.3) is 0 Å². The summed E-state index contributed by atoms with van der Waals surface area (Å²) in [5, 5.41) is 0. The maximum absolute atomic E-state index is 12.0. The van der Waals surface area contributed by atoms with Gasteiger partial charge in [0.2, 0.25) is 6.08 Å². The van der Waals surface area contributed by atoms with Gasteiger partial charge in [0.25, 0.3) is 0 Å². The van der Waals surface area contributed by atoms with Crippen molar-refractivity contribution in [3.05, 3.63) is 59.7 Å². The number of ether oxygens (including phenoxy) is 1. The van der Waals surface area contributed by atoms with Crippen LogP contribution >= 0.6 is 0 Å². The van der Waals surface area contributed by atoms with E-state index in [1.54, 1.807) is 36.4 Å². The monoisotopic (exact) mass is 295 g/mol. The number of hydrogen-bond acceptors (Lipinski definition) is 4. The first-order chi connectivity index (χ1) is 10.7. The van der Waals surface area contributed by atoms with E-state index in [2.05, 4.69) is 11.9 Å². The first-order valence-electron chi connectivity index (χ1n) is 7.22. The molecule has 4 heteroatoms. The van der Waals surface area contributed by atoms with Gasteiger partial charge in [0.1, 0.15) is 5.75 Å². The van der Waals surface area contributed by atoms with Crippen LogP contribution in [0.3, 0.4) is 0 Å². The topological polar surface area (TPSA) is 55.7 Å². The molecule has 0 aliphatic carbocycles. The standard InChI is InChI=1S/C18H17NO3/c1-2-3-4-14-5-7-15(8-6-14)18(21)22-17-11-9-16(10-12-17)19-13-20/h5-12H,2-4H2,1H3. The molecular weight excluding hydrogens is 278 g/mol. The lowest BCUT2D eigenvalue weighted by Gasteiger charge is -2.05. The Balaban J connectivity index is 2.00. The zero-order chi connectivity index (χ0) is 15.8. The highest BCUT2D eigenvalue weighted by Gasteiger charge is 2.08. The van der Waals surface area contributed by atoms with Crippen molar-refractivity contribution in [1.29, 1.82) is 0 Å². The number of benzene rings is 2. The zero-order valence-corrected chi connectivity index (χ0v) is 12.4. The summed E-state index contributed by atoms with van der Waals surface area (Å²) in [7, 11) is 0. The van der Waals surface area contributed by atoms with Gasteiger partial charge in [-0.2, -0.15) is 4.99 Å². The molecule has 2 aromatic rings. The molecular formula is C18H17NO3. The minimum absolute atomic E-state index is 0.407. The smallest absolute Gasteiger partial charge is 0.343 e. The van der Waals surface area contributed by atoms with Crippen molar-refractivity contribution < 1.29 is 14.3 Å². The summed E-state index contributed by atoms with van der Waals surface area (Å²) in [4.78, 5) is 25.7. The molecule has 0 heterocycles. The first-order valence-corrected chi connectivity index (χ1v) is 7.22. The van der Waals surface area contributed by atoms with Crippen molar-refractivity contribution in [3.8, 4) is 5.75 Å². The van der Waals surface area contributed by atoms with Crippen LogP contribution in [0.1, 0.15) is 35.7 Å². The number of unbranched alkanes of at least 4 members (excludes halogenated alkanes) is 1. The molecule has 2 rings (SSSR count). The number of carbonyl (C=O) groups is 1. The molecule has 0 N–H and O–H groups in total. The molecule has 0 saturated carbocycles. The lowest BCUT2D eigenvalue weighted by Crippen LogP contribution is -2.08. The highest BCUT2D eigenvalue weighted by molar-refractivity contribution is 5.91. The van der Waals surface area contributed by atoms with Gasteiger partial charge in [-0.1, -0.05) is 25.5 Å². The van der Waals surface area contributed by atoms with Gasteiger partial charge < -0.3 is 4.74 Å². The van der Waals surface area contributed by atoms with Crippen molar-refractivity contribution >= 4 is 17.7 Å². The van der Waals surface area contributed by atoms with E-state index >= 15 is 0 Å². The first kappa shape index (κ1) is 15.7. The Kier molecular flexibility index (Phi) is 5.64. The molecule has 0 spiro atoms. The predicted molar refractivity (Wildman–Crippen MR) is 84.2 cm³/mol. The molecule has 0 aliphatic rings. The van der Waals surface area contributed by atoms with E-state index in [0.29, 0.717) is 17.0 Å². The van der Waals surface area contributed by atoms with Crippen molar-refractivity contribution in [2.75, 3.05) is 0 Å². The third-order valence-corrected chi connectivity index (χ3v) is 3.23. The normalized spacial score (nSPS) is 9.86. The minimum Gasteiger partial charge on any atom is -0.423 e. The predicted octanol–water partition coefficient (Wildman–Crippen LogP) is 4.22. The Labute approximate surface area is 129 Å². The van der Waals surface area contributed by atoms with Crippen LogP contribution in [0.5, 0.6) is 5.75 Å². The lowest BCUT2D eigenvalue weighted by atomic mass is 10.1. The van der Waals surface area contributed by atoms with Gasteiger partial charge in [0, 0.05) is 0 Å². The van der Waals surface area contributed by atoms with Gasteiger partial charge in [0.15, 0.2) is 0 Å². The third-order valence-electron chi connectivity index (χ3n) is 3.23. The van der Waals surface area contributed by atoms with Gasteiger partial charge in [-0.25, -0.2) is 9.59 Å². The molecule has 0 unspecified atom stereocenters. The Morgan fingerprint density at radius 2 is 1.77 bits per heavy atom. The van der Waals surface area contributed by atoms with Crippen LogP contribution in [-0.4, -0.2) is 12.0 Å². The molecule has 0 fully saturated rings. The number of rotatable bonds is 6. The number of aryl methyl sites for hydroxylation is 1. The van der Waals surface area contributed by atoms with Gasteiger partial charge in [-0.15, -0.1) is 0 Å². The molecule has 0 aliphatic heterocycles. The number of nitrogens with zero attached hydrogens (tertiary/aromatic N) is 1. The van der Waals surface area contributed by atoms with E-state index in [1.165, 1.54) is 11.6 Å².